The Labute approximate surface area is 124 Å². The Kier molecular flexibility index (Phi) is 4.80. The summed E-state index contributed by atoms with van der Waals surface area (Å²) in [5.74, 6) is -0.356. The van der Waals surface area contributed by atoms with Crippen LogP contribution in [0.3, 0.4) is 0 Å². The number of nitrogens with two attached hydrogens (primary N) is 1. The van der Waals surface area contributed by atoms with Gasteiger partial charge in [-0.2, -0.15) is 0 Å². The lowest BCUT2D eigenvalue weighted by Crippen LogP contribution is -2.21. The van der Waals surface area contributed by atoms with E-state index in [0.717, 1.165) is 15.7 Å². The Morgan fingerprint density at radius 1 is 1.26 bits per heavy atom. The van der Waals surface area contributed by atoms with E-state index in [4.69, 9.17) is 17.3 Å². The first-order valence-electron chi connectivity index (χ1n) is 5.78. The zero-order valence-electron chi connectivity index (χ0n) is 10.0. The van der Waals surface area contributed by atoms with Gasteiger partial charge in [0.1, 0.15) is 5.82 Å². The molecule has 0 fully saturated rings. The van der Waals surface area contributed by atoms with Crippen molar-refractivity contribution in [1.29, 1.82) is 0 Å². The molecule has 1 unspecified atom stereocenters. The summed E-state index contributed by atoms with van der Waals surface area (Å²) in [6, 6.07) is 11.9. The predicted octanol–water partition coefficient (Wildman–Crippen LogP) is 4.35. The lowest BCUT2D eigenvalue weighted by molar-refractivity contribution is 0.626. The third-order valence-electron chi connectivity index (χ3n) is 2.78. The SMILES string of the molecule is NCC(Nc1ccccc1Br)c1ccc(F)cc1Cl. The van der Waals surface area contributed by atoms with E-state index in [-0.39, 0.29) is 11.9 Å². The number of anilines is 1. The highest BCUT2D eigenvalue weighted by atomic mass is 79.9. The fraction of sp³-hybridized carbons (Fsp3) is 0.143. The third kappa shape index (κ3) is 3.47. The van der Waals surface area contributed by atoms with Crippen molar-refractivity contribution in [3.63, 3.8) is 0 Å². The molecule has 2 rings (SSSR count). The molecule has 0 aliphatic heterocycles. The van der Waals surface area contributed by atoms with Gasteiger partial charge >= 0.3 is 0 Å². The van der Waals surface area contributed by atoms with E-state index in [9.17, 15) is 4.39 Å². The van der Waals surface area contributed by atoms with Crippen LogP contribution >= 0.6 is 27.5 Å². The van der Waals surface area contributed by atoms with Crippen LogP contribution in [0.5, 0.6) is 0 Å². The minimum atomic E-state index is -0.356. The highest BCUT2D eigenvalue weighted by Gasteiger charge is 2.14. The molecule has 1 atom stereocenters. The van der Waals surface area contributed by atoms with Gasteiger partial charge < -0.3 is 11.1 Å². The first-order valence-corrected chi connectivity index (χ1v) is 6.95. The molecule has 0 amide bonds. The zero-order valence-corrected chi connectivity index (χ0v) is 12.4. The smallest absolute Gasteiger partial charge is 0.124 e. The van der Waals surface area contributed by atoms with Crippen LogP contribution in [0.2, 0.25) is 5.02 Å². The van der Waals surface area contributed by atoms with E-state index in [1.54, 1.807) is 6.07 Å². The molecule has 5 heteroatoms. The minimum absolute atomic E-state index is 0.174. The van der Waals surface area contributed by atoms with Crippen LogP contribution < -0.4 is 11.1 Å². The molecule has 0 heterocycles. The second kappa shape index (κ2) is 6.37. The summed E-state index contributed by atoms with van der Waals surface area (Å²) < 4.78 is 14.0. The second-order valence-corrected chi connectivity index (χ2v) is 5.34. The van der Waals surface area contributed by atoms with Gasteiger partial charge in [0.05, 0.1) is 6.04 Å². The Morgan fingerprint density at radius 2 is 2.00 bits per heavy atom. The van der Waals surface area contributed by atoms with E-state index in [0.29, 0.717) is 11.6 Å². The van der Waals surface area contributed by atoms with Crippen LogP contribution in [0, 0.1) is 5.82 Å². The first kappa shape index (κ1) is 14.3. The van der Waals surface area contributed by atoms with Gasteiger partial charge in [0.15, 0.2) is 0 Å². The van der Waals surface area contributed by atoms with Gasteiger partial charge in [-0.15, -0.1) is 0 Å². The fourth-order valence-electron chi connectivity index (χ4n) is 1.81. The van der Waals surface area contributed by atoms with Crippen LogP contribution in [0.4, 0.5) is 10.1 Å². The van der Waals surface area contributed by atoms with Crippen molar-refractivity contribution < 1.29 is 4.39 Å². The number of rotatable bonds is 4. The molecular weight excluding hydrogens is 331 g/mol. The highest BCUT2D eigenvalue weighted by molar-refractivity contribution is 9.10. The molecule has 0 aliphatic rings. The Bertz CT molecular complexity index is 577. The van der Waals surface area contributed by atoms with Crippen molar-refractivity contribution in [2.45, 2.75) is 6.04 Å². The van der Waals surface area contributed by atoms with E-state index < -0.39 is 0 Å². The van der Waals surface area contributed by atoms with Crippen LogP contribution in [0.25, 0.3) is 0 Å². The van der Waals surface area contributed by atoms with Crippen molar-refractivity contribution in [3.05, 3.63) is 63.3 Å². The van der Waals surface area contributed by atoms with E-state index >= 15 is 0 Å². The Hall–Kier alpha value is -1.10. The molecule has 0 aromatic heterocycles. The van der Waals surface area contributed by atoms with Crippen molar-refractivity contribution in [3.8, 4) is 0 Å². The molecule has 2 aromatic rings. The van der Waals surface area contributed by atoms with Crippen molar-refractivity contribution in [2.24, 2.45) is 5.73 Å². The third-order valence-corrected chi connectivity index (χ3v) is 3.80. The standard InChI is InChI=1S/C14H13BrClFN2/c15-11-3-1-2-4-13(11)19-14(8-18)10-6-5-9(17)7-12(10)16/h1-7,14,19H,8,18H2. The lowest BCUT2D eigenvalue weighted by Gasteiger charge is -2.20. The summed E-state index contributed by atoms with van der Waals surface area (Å²) in [5, 5.41) is 3.67. The fourth-order valence-corrected chi connectivity index (χ4v) is 2.51. The van der Waals surface area contributed by atoms with Gasteiger partial charge in [0.25, 0.3) is 0 Å². The molecule has 0 saturated carbocycles. The number of para-hydroxylation sites is 1. The van der Waals surface area contributed by atoms with Gasteiger partial charge in [-0.25, -0.2) is 4.39 Å². The zero-order chi connectivity index (χ0) is 13.8. The second-order valence-electron chi connectivity index (χ2n) is 4.08. The maximum Gasteiger partial charge on any atom is 0.124 e. The van der Waals surface area contributed by atoms with Gasteiger partial charge in [-0.05, 0) is 45.8 Å². The molecule has 100 valence electrons. The molecule has 0 saturated heterocycles. The molecule has 0 spiro atoms. The van der Waals surface area contributed by atoms with Crippen LogP contribution in [-0.2, 0) is 0 Å². The molecule has 0 bridgehead atoms. The number of hydrogen-bond acceptors (Lipinski definition) is 2. The molecule has 2 aromatic carbocycles. The van der Waals surface area contributed by atoms with Crippen LogP contribution in [-0.4, -0.2) is 6.54 Å². The van der Waals surface area contributed by atoms with Crippen molar-refractivity contribution >= 4 is 33.2 Å². The van der Waals surface area contributed by atoms with Crippen molar-refractivity contribution in [2.75, 3.05) is 11.9 Å². The Morgan fingerprint density at radius 3 is 2.63 bits per heavy atom. The van der Waals surface area contributed by atoms with Crippen LogP contribution in [0.15, 0.2) is 46.9 Å². The number of benzene rings is 2. The minimum Gasteiger partial charge on any atom is -0.376 e. The van der Waals surface area contributed by atoms with Gasteiger partial charge in [-0.1, -0.05) is 29.8 Å². The lowest BCUT2D eigenvalue weighted by atomic mass is 10.1. The average Bonchev–Trinajstić information content (AvgIpc) is 2.39. The molecule has 3 N–H and O–H groups in total. The summed E-state index contributed by atoms with van der Waals surface area (Å²) in [7, 11) is 0. The first-order chi connectivity index (χ1) is 9.11. The summed E-state index contributed by atoms with van der Waals surface area (Å²) in [6.45, 7) is 0.354. The summed E-state index contributed by atoms with van der Waals surface area (Å²) in [6.07, 6.45) is 0. The number of halogens is 3. The van der Waals surface area contributed by atoms with Crippen molar-refractivity contribution in [1.82, 2.24) is 0 Å². The summed E-state index contributed by atoms with van der Waals surface area (Å²) in [5.41, 5.74) is 7.47. The average molecular weight is 344 g/mol. The van der Waals surface area contributed by atoms with E-state index in [2.05, 4.69) is 21.2 Å². The van der Waals surface area contributed by atoms with Gasteiger partial charge in [0.2, 0.25) is 0 Å². The largest absolute Gasteiger partial charge is 0.376 e. The summed E-state index contributed by atoms with van der Waals surface area (Å²) >= 11 is 9.52. The monoisotopic (exact) mass is 342 g/mol. The maximum absolute atomic E-state index is 13.1. The highest BCUT2D eigenvalue weighted by Crippen LogP contribution is 2.29. The maximum atomic E-state index is 13.1. The molecule has 2 nitrogen and oxygen atoms in total. The molecule has 0 radical (unpaired) electrons. The number of nitrogens with one attached hydrogen (secondary N) is 1. The van der Waals surface area contributed by atoms with Crippen LogP contribution in [0.1, 0.15) is 11.6 Å². The quantitative estimate of drug-likeness (QED) is 0.866. The predicted molar refractivity (Wildman–Crippen MR) is 81.0 cm³/mol. The van der Waals surface area contributed by atoms with E-state index in [1.807, 2.05) is 24.3 Å². The summed E-state index contributed by atoms with van der Waals surface area (Å²) in [4.78, 5) is 0. The molecular formula is C14H13BrClFN2. The molecule has 19 heavy (non-hydrogen) atoms. The van der Waals surface area contributed by atoms with E-state index in [1.165, 1.54) is 12.1 Å². The molecule has 0 aliphatic carbocycles. The Balaban J connectivity index is 2.28. The van der Waals surface area contributed by atoms with Gasteiger partial charge in [-0.3, -0.25) is 0 Å². The normalized spacial score (nSPS) is 12.2. The topological polar surface area (TPSA) is 38.0 Å². The number of hydrogen-bond donors (Lipinski definition) is 2. The van der Waals surface area contributed by atoms with Gasteiger partial charge in [0, 0.05) is 21.7 Å².